The summed E-state index contributed by atoms with van der Waals surface area (Å²) in [4.78, 5) is 8.05. The van der Waals surface area contributed by atoms with Crippen molar-refractivity contribution >= 4 is 11.3 Å². The van der Waals surface area contributed by atoms with E-state index in [4.69, 9.17) is 4.74 Å². The molecule has 0 saturated carbocycles. The zero-order valence-electron chi connectivity index (χ0n) is 10.4. The van der Waals surface area contributed by atoms with Crippen LogP contribution >= 0.6 is 11.3 Å². The van der Waals surface area contributed by atoms with Crippen molar-refractivity contribution in [3.8, 4) is 0 Å². The van der Waals surface area contributed by atoms with Gasteiger partial charge in [-0.2, -0.15) is 0 Å². The van der Waals surface area contributed by atoms with Crippen LogP contribution in [-0.2, 0) is 11.3 Å². The van der Waals surface area contributed by atoms with E-state index >= 15 is 0 Å². The van der Waals surface area contributed by atoms with E-state index in [9.17, 15) is 0 Å². The van der Waals surface area contributed by atoms with Gasteiger partial charge in [0.15, 0.2) is 0 Å². The Balaban J connectivity index is 1.51. The van der Waals surface area contributed by atoms with Gasteiger partial charge in [-0.15, -0.1) is 11.3 Å². The second-order valence-electron chi connectivity index (χ2n) is 4.33. The van der Waals surface area contributed by atoms with Crippen LogP contribution in [0.1, 0.15) is 16.3 Å². The second-order valence-corrected chi connectivity index (χ2v) is 5.65. The van der Waals surface area contributed by atoms with Crippen LogP contribution in [0.25, 0.3) is 0 Å². The molecule has 4 nitrogen and oxygen atoms in total. The number of aromatic nitrogens is 1. The van der Waals surface area contributed by atoms with Crippen molar-refractivity contribution in [2.75, 3.05) is 39.4 Å². The van der Waals surface area contributed by atoms with Gasteiger partial charge in [0.2, 0.25) is 0 Å². The van der Waals surface area contributed by atoms with Crippen LogP contribution in [0, 0.1) is 6.92 Å². The van der Waals surface area contributed by atoms with E-state index in [1.54, 1.807) is 11.3 Å². The Hall–Kier alpha value is -0.490. The predicted molar refractivity (Wildman–Crippen MR) is 70.4 cm³/mol. The molecule has 2 heterocycles. The fraction of sp³-hybridized carbons (Fsp3) is 0.750. The largest absolute Gasteiger partial charge is 0.379 e. The standard InChI is InChI=1S/C12H21N3OS/c1-11-14-10-12(17-11)9-13-3-2-4-15-5-7-16-8-6-15/h10,13H,2-9H2,1H3. The highest BCUT2D eigenvalue weighted by Crippen LogP contribution is 2.10. The zero-order chi connectivity index (χ0) is 11.9. The molecule has 0 aliphatic carbocycles. The first kappa shape index (κ1) is 13.0. The highest BCUT2D eigenvalue weighted by molar-refractivity contribution is 7.11. The number of morpholine rings is 1. The lowest BCUT2D eigenvalue weighted by Gasteiger charge is -2.26. The molecule has 0 amide bonds. The first-order chi connectivity index (χ1) is 8.34. The van der Waals surface area contributed by atoms with E-state index in [0.717, 1.165) is 44.4 Å². The molecule has 0 unspecified atom stereocenters. The quantitative estimate of drug-likeness (QED) is 0.777. The van der Waals surface area contributed by atoms with Gasteiger partial charge in [-0.25, -0.2) is 4.98 Å². The molecule has 1 aliphatic rings. The summed E-state index contributed by atoms with van der Waals surface area (Å²) in [7, 11) is 0. The number of hydrogen-bond acceptors (Lipinski definition) is 5. The minimum absolute atomic E-state index is 0.896. The Morgan fingerprint density at radius 2 is 2.29 bits per heavy atom. The fourth-order valence-corrected chi connectivity index (χ4v) is 2.72. The molecule has 96 valence electrons. The maximum Gasteiger partial charge on any atom is 0.0897 e. The number of aryl methyl sites for hydroxylation is 1. The third-order valence-corrected chi connectivity index (χ3v) is 3.81. The van der Waals surface area contributed by atoms with E-state index in [0.29, 0.717) is 0 Å². The molecule has 0 bridgehead atoms. The van der Waals surface area contributed by atoms with Crippen LogP contribution in [0.4, 0.5) is 0 Å². The maximum absolute atomic E-state index is 5.32. The van der Waals surface area contributed by atoms with Crippen molar-refractivity contribution in [3.05, 3.63) is 16.1 Å². The topological polar surface area (TPSA) is 37.4 Å². The number of hydrogen-bond donors (Lipinski definition) is 1. The van der Waals surface area contributed by atoms with Gasteiger partial charge in [0.05, 0.1) is 18.2 Å². The fourth-order valence-electron chi connectivity index (χ4n) is 1.95. The van der Waals surface area contributed by atoms with Gasteiger partial charge in [-0.05, 0) is 26.4 Å². The molecule has 17 heavy (non-hydrogen) atoms. The minimum atomic E-state index is 0.896. The Bertz CT molecular complexity index is 323. The molecule has 1 aliphatic heterocycles. The smallest absolute Gasteiger partial charge is 0.0897 e. The Morgan fingerprint density at radius 1 is 1.47 bits per heavy atom. The van der Waals surface area contributed by atoms with Gasteiger partial charge in [-0.1, -0.05) is 0 Å². The summed E-state index contributed by atoms with van der Waals surface area (Å²) in [5, 5.41) is 4.62. The highest BCUT2D eigenvalue weighted by Gasteiger charge is 2.08. The van der Waals surface area contributed by atoms with Crippen molar-refractivity contribution in [3.63, 3.8) is 0 Å². The van der Waals surface area contributed by atoms with Crippen LogP contribution in [0.15, 0.2) is 6.20 Å². The molecule has 2 rings (SSSR count). The Morgan fingerprint density at radius 3 is 3.00 bits per heavy atom. The summed E-state index contributed by atoms with van der Waals surface area (Å²) < 4.78 is 5.32. The highest BCUT2D eigenvalue weighted by atomic mass is 32.1. The normalized spacial score (nSPS) is 17.5. The average Bonchev–Trinajstić information content (AvgIpc) is 2.76. The van der Waals surface area contributed by atoms with Crippen molar-refractivity contribution < 1.29 is 4.74 Å². The van der Waals surface area contributed by atoms with Crippen molar-refractivity contribution in [2.45, 2.75) is 19.9 Å². The zero-order valence-corrected chi connectivity index (χ0v) is 11.3. The molecule has 1 aromatic heterocycles. The average molecular weight is 255 g/mol. The summed E-state index contributed by atoms with van der Waals surface area (Å²) in [6.45, 7) is 9.23. The molecular formula is C12H21N3OS. The molecule has 0 radical (unpaired) electrons. The summed E-state index contributed by atoms with van der Waals surface area (Å²) in [5.74, 6) is 0. The molecule has 1 aromatic rings. The lowest BCUT2D eigenvalue weighted by atomic mass is 10.3. The number of nitrogens with one attached hydrogen (secondary N) is 1. The van der Waals surface area contributed by atoms with Crippen molar-refractivity contribution in [1.29, 1.82) is 0 Å². The molecule has 1 N–H and O–H groups in total. The summed E-state index contributed by atoms with van der Waals surface area (Å²) in [5.41, 5.74) is 0. The van der Waals surface area contributed by atoms with E-state index in [1.165, 1.54) is 17.8 Å². The van der Waals surface area contributed by atoms with E-state index in [-0.39, 0.29) is 0 Å². The minimum Gasteiger partial charge on any atom is -0.379 e. The summed E-state index contributed by atoms with van der Waals surface area (Å²) >= 11 is 1.77. The van der Waals surface area contributed by atoms with E-state index in [1.807, 2.05) is 13.1 Å². The van der Waals surface area contributed by atoms with Gasteiger partial charge in [0.25, 0.3) is 0 Å². The molecule has 0 aromatic carbocycles. The van der Waals surface area contributed by atoms with Crippen LogP contribution < -0.4 is 5.32 Å². The molecule has 1 fully saturated rings. The molecule has 5 heteroatoms. The predicted octanol–water partition coefficient (Wildman–Crippen LogP) is 1.26. The van der Waals surface area contributed by atoms with Gasteiger partial charge in [-0.3, -0.25) is 4.90 Å². The third kappa shape index (κ3) is 4.71. The van der Waals surface area contributed by atoms with Gasteiger partial charge in [0, 0.05) is 30.7 Å². The molecule has 0 atom stereocenters. The lowest BCUT2D eigenvalue weighted by molar-refractivity contribution is 0.0374. The van der Waals surface area contributed by atoms with Crippen LogP contribution in [0.3, 0.4) is 0 Å². The summed E-state index contributed by atoms with van der Waals surface area (Å²) in [6, 6.07) is 0. The molecule has 1 saturated heterocycles. The first-order valence-corrected chi connectivity index (χ1v) is 7.08. The molecular weight excluding hydrogens is 234 g/mol. The Labute approximate surface area is 107 Å². The number of thiazole rings is 1. The summed E-state index contributed by atoms with van der Waals surface area (Å²) in [6.07, 6.45) is 3.17. The van der Waals surface area contributed by atoms with Gasteiger partial charge in [0.1, 0.15) is 0 Å². The van der Waals surface area contributed by atoms with Crippen molar-refractivity contribution in [2.24, 2.45) is 0 Å². The number of ether oxygens (including phenoxy) is 1. The van der Waals surface area contributed by atoms with Crippen LogP contribution in [-0.4, -0.2) is 49.3 Å². The van der Waals surface area contributed by atoms with Gasteiger partial charge < -0.3 is 10.1 Å². The maximum atomic E-state index is 5.32. The number of nitrogens with zero attached hydrogens (tertiary/aromatic N) is 2. The molecule has 0 spiro atoms. The first-order valence-electron chi connectivity index (χ1n) is 6.27. The van der Waals surface area contributed by atoms with Crippen LogP contribution in [0.5, 0.6) is 0 Å². The third-order valence-electron chi connectivity index (χ3n) is 2.90. The van der Waals surface area contributed by atoms with Gasteiger partial charge >= 0.3 is 0 Å². The number of rotatable bonds is 6. The SMILES string of the molecule is Cc1ncc(CNCCCN2CCOCC2)s1. The monoisotopic (exact) mass is 255 g/mol. The van der Waals surface area contributed by atoms with Crippen molar-refractivity contribution in [1.82, 2.24) is 15.2 Å². The second kappa shape index (κ2) is 7.06. The van der Waals surface area contributed by atoms with Crippen LogP contribution in [0.2, 0.25) is 0 Å². The van der Waals surface area contributed by atoms with E-state index in [2.05, 4.69) is 15.2 Å². The van der Waals surface area contributed by atoms with E-state index < -0.39 is 0 Å². The Kier molecular flexibility index (Phi) is 5.38. The lowest BCUT2D eigenvalue weighted by Crippen LogP contribution is -2.37.